The Morgan fingerprint density at radius 2 is 1.67 bits per heavy atom. The maximum Gasteiger partial charge on any atom is 0.261 e. The van der Waals surface area contributed by atoms with Gasteiger partial charge in [-0.2, -0.15) is 0 Å². The minimum Gasteiger partial charge on any atom is -0.299 e. The molecule has 0 saturated carbocycles. The van der Waals surface area contributed by atoms with Gasteiger partial charge in [-0.25, -0.2) is 0 Å². The summed E-state index contributed by atoms with van der Waals surface area (Å²) < 4.78 is 0. The van der Waals surface area contributed by atoms with Crippen molar-refractivity contribution in [3.63, 3.8) is 0 Å². The van der Waals surface area contributed by atoms with E-state index < -0.39 is 0 Å². The summed E-state index contributed by atoms with van der Waals surface area (Å²) in [4.78, 5) is 35.3. The van der Waals surface area contributed by atoms with Crippen LogP contribution in [0.15, 0.2) is 36.4 Å². The number of nitrogens with zero attached hydrogens (tertiary/aromatic N) is 1. The Morgan fingerprint density at radius 3 is 2.22 bits per heavy atom. The molecule has 0 aromatic heterocycles. The molecule has 2 amide bonds. The fourth-order valence-corrected chi connectivity index (χ4v) is 1.96. The standard InChI is InChI=1S/C14H13NO3/c16-10-6-2-1-5-9-15-13(17)11-7-3-4-8-12(11)14(15)18/h2-4,6-8,10H,1,5,9H2/b6-2+. The van der Waals surface area contributed by atoms with Gasteiger partial charge in [-0.05, 0) is 31.1 Å². The van der Waals surface area contributed by atoms with Crippen LogP contribution >= 0.6 is 0 Å². The van der Waals surface area contributed by atoms with Crippen LogP contribution in [0.2, 0.25) is 0 Å². The van der Waals surface area contributed by atoms with E-state index in [1.807, 2.05) is 0 Å². The Hall–Kier alpha value is -2.23. The Labute approximate surface area is 105 Å². The largest absolute Gasteiger partial charge is 0.299 e. The monoisotopic (exact) mass is 243 g/mol. The Balaban J connectivity index is 2.00. The molecule has 0 unspecified atom stereocenters. The van der Waals surface area contributed by atoms with Gasteiger partial charge in [0, 0.05) is 6.54 Å². The van der Waals surface area contributed by atoms with E-state index in [4.69, 9.17) is 0 Å². The highest BCUT2D eigenvalue weighted by Crippen LogP contribution is 2.22. The number of unbranched alkanes of at least 4 members (excludes halogenated alkanes) is 1. The molecule has 1 aliphatic rings. The van der Waals surface area contributed by atoms with Crippen LogP contribution in [0.3, 0.4) is 0 Å². The third-order valence-electron chi connectivity index (χ3n) is 2.85. The normalized spacial score (nSPS) is 14.3. The lowest BCUT2D eigenvalue weighted by Crippen LogP contribution is -2.30. The first-order valence-corrected chi connectivity index (χ1v) is 5.81. The van der Waals surface area contributed by atoms with Gasteiger partial charge < -0.3 is 0 Å². The van der Waals surface area contributed by atoms with Crippen molar-refractivity contribution in [1.29, 1.82) is 0 Å². The van der Waals surface area contributed by atoms with Crippen molar-refractivity contribution in [2.45, 2.75) is 12.8 Å². The summed E-state index contributed by atoms with van der Waals surface area (Å²) >= 11 is 0. The fraction of sp³-hybridized carbons (Fsp3) is 0.214. The summed E-state index contributed by atoms with van der Waals surface area (Å²) in [6, 6.07) is 6.84. The molecular formula is C14H13NO3. The lowest BCUT2D eigenvalue weighted by molar-refractivity contribution is -0.104. The number of hydrogen-bond donors (Lipinski definition) is 0. The van der Waals surface area contributed by atoms with Gasteiger partial charge in [-0.3, -0.25) is 19.3 Å². The van der Waals surface area contributed by atoms with Crippen molar-refractivity contribution < 1.29 is 14.4 Å². The molecule has 1 heterocycles. The molecule has 0 radical (unpaired) electrons. The third kappa shape index (κ3) is 2.22. The van der Waals surface area contributed by atoms with E-state index in [0.717, 1.165) is 0 Å². The lowest BCUT2D eigenvalue weighted by Gasteiger charge is -2.12. The zero-order valence-electron chi connectivity index (χ0n) is 9.83. The smallest absolute Gasteiger partial charge is 0.261 e. The van der Waals surface area contributed by atoms with Crippen LogP contribution in [0, 0.1) is 0 Å². The van der Waals surface area contributed by atoms with Gasteiger partial charge in [0.1, 0.15) is 6.29 Å². The summed E-state index contributed by atoms with van der Waals surface area (Å²) in [5.41, 5.74) is 0.955. The maximum absolute atomic E-state index is 12.0. The van der Waals surface area contributed by atoms with Gasteiger partial charge in [0.25, 0.3) is 11.8 Å². The van der Waals surface area contributed by atoms with Gasteiger partial charge in [0.05, 0.1) is 11.1 Å². The maximum atomic E-state index is 12.0. The van der Waals surface area contributed by atoms with Gasteiger partial charge in [0.15, 0.2) is 0 Å². The highest BCUT2D eigenvalue weighted by atomic mass is 16.2. The fourth-order valence-electron chi connectivity index (χ4n) is 1.96. The van der Waals surface area contributed by atoms with Gasteiger partial charge >= 0.3 is 0 Å². The van der Waals surface area contributed by atoms with Gasteiger partial charge in [-0.15, -0.1) is 0 Å². The molecule has 1 aromatic rings. The number of rotatable bonds is 5. The Kier molecular flexibility index (Phi) is 3.67. The van der Waals surface area contributed by atoms with E-state index >= 15 is 0 Å². The van der Waals surface area contributed by atoms with E-state index in [1.54, 1.807) is 30.3 Å². The van der Waals surface area contributed by atoms with E-state index in [9.17, 15) is 14.4 Å². The molecule has 1 aromatic carbocycles. The van der Waals surface area contributed by atoms with Crippen molar-refractivity contribution >= 4 is 18.1 Å². The first-order chi connectivity index (χ1) is 8.75. The average Bonchev–Trinajstić information content (AvgIpc) is 2.64. The third-order valence-corrected chi connectivity index (χ3v) is 2.85. The van der Waals surface area contributed by atoms with Gasteiger partial charge in [0.2, 0.25) is 0 Å². The van der Waals surface area contributed by atoms with Crippen molar-refractivity contribution in [1.82, 2.24) is 4.90 Å². The molecule has 4 heteroatoms. The Bertz CT molecular complexity index is 485. The van der Waals surface area contributed by atoms with Crippen LogP contribution in [-0.2, 0) is 4.79 Å². The number of imide groups is 1. The number of hydrogen-bond acceptors (Lipinski definition) is 3. The lowest BCUT2D eigenvalue weighted by atomic mass is 10.1. The molecule has 0 aliphatic carbocycles. The summed E-state index contributed by atoms with van der Waals surface area (Å²) in [5, 5.41) is 0. The molecule has 0 spiro atoms. The van der Waals surface area contributed by atoms with Crippen molar-refractivity contribution in [3.05, 3.63) is 47.5 Å². The number of amides is 2. The van der Waals surface area contributed by atoms with E-state index in [-0.39, 0.29) is 11.8 Å². The molecule has 0 saturated heterocycles. The minimum absolute atomic E-state index is 0.227. The summed E-state index contributed by atoms with van der Waals surface area (Å²) in [6.07, 6.45) is 5.19. The Morgan fingerprint density at radius 1 is 1.06 bits per heavy atom. The van der Waals surface area contributed by atoms with E-state index in [0.29, 0.717) is 36.8 Å². The predicted molar refractivity (Wildman–Crippen MR) is 66.2 cm³/mol. The molecule has 0 N–H and O–H groups in total. The second kappa shape index (κ2) is 5.40. The van der Waals surface area contributed by atoms with Crippen LogP contribution < -0.4 is 0 Å². The number of carbonyl (C=O) groups is 3. The zero-order chi connectivity index (χ0) is 13.0. The zero-order valence-corrected chi connectivity index (χ0v) is 9.83. The van der Waals surface area contributed by atoms with Crippen molar-refractivity contribution in [2.24, 2.45) is 0 Å². The highest BCUT2D eigenvalue weighted by Gasteiger charge is 2.34. The molecule has 1 aliphatic heterocycles. The number of fused-ring (bicyclic) bond motifs is 1. The second-order valence-corrected chi connectivity index (χ2v) is 4.01. The van der Waals surface area contributed by atoms with Crippen LogP contribution in [0.4, 0.5) is 0 Å². The molecule has 0 atom stereocenters. The number of allylic oxidation sites excluding steroid dienone is 2. The molecule has 92 valence electrons. The molecule has 18 heavy (non-hydrogen) atoms. The first kappa shape index (κ1) is 12.2. The molecular weight excluding hydrogens is 230 g/mol. The summed E-state index contributed by atoms with van der Waals surface area (Å²) in [6.45, 7) is 0.384. The quantitative estimate of drug-likeness (QED) is 0.343. The van der Waals surface area contributed by atoms with Crippen molar-refractivity contribution in [3.8, 4) is 0 Å². The number of benzene rings is 1. The predicted octanol–water partition coefficient (Wildman–Crippen LogP) is 1.82. The molecule has 0 fully saturated rings. The SMILES string of the molecule is O=C/C=C/CCCN1C(=O)c2ccccc2C1=O. The van der Waals surface area contributed by atoms with E-state index in [2.05, 4.69) is 0 Å². The first-order valence-electron chi connectivity index (χ1n) is 5.81. The van der Waals surface area contributed by atoms with Crippen molar-refractivity contribution in [2.75, 3.05) is 6.54 Å². The molecule has 2 rings (SSSR count). The minimum atomic E-state index is -0.227. The van der Waals surface area contributed by atoms with Crippen LogP contribution in [0.25, 0.3) is 0 Å². The van der Waals surface area contributed by atoms with Crippen LogP contribution in [-0.4, -0.2) is 29.5 Å². The second-order valence-electron chi connectivity index (χ2n) is 4.01. The molecule has 0 bridgehead atoms. The number of carbonyl (C=O) groups excluding carboxylic acids is 3. The summed E-state index contributed by atoms with van der Waals surface area (Å²) in [5.74, 6) is -0.454. The number of aldehydes is 1. The summed E-state index contributed by atoms with van der Waals surface area (Å²) in [7, 11) is 0. The topological polar surface area (TPSA) is 54.5 Å². The van der Waals surface area contributed by atoms with Crippen LogP contribution in [0.1, 0.15) is 33.6 Å². The van der Waals surface area contributed by atoms with Crippen LogP contribution in [0.5, 0.6) is 0 Å². The molecule has 4 nitrogen and oxygen atoms in total. The van der Waals surface area contributed by atoms with E-state index in [1.165, 1.54) is 11.0 Å². The highest BCUT2D eigenvalue weighted by molar-refractivity contribution is 6.21. The van der Waals surface area contributed by atoms with Gasteiger partial charge in [-0.1, -0.05) is 18.2 Å². The average molecular weight is 243 g/mol.